The Morgan fingerprint density at radius 2 is 1.89 bits per heavy atom. The van der Waals surface area contributed by atoms with Gasteiger partial charge in [0.15, 0.2) is 0 Å². The molecule has 1 heterocycles. The zero-order valence-electron chi connectivity index (χ0n) is 11.4. The number of aldehydes is 1. The Morgan fingerprint density at radius 1 is 1.33 bits per heavy atom. The third kappa shape index (κ3) is 8.57. The maximum absolute atomic E-state index is 11.5. The second-order valence-corrected chi connectivity index (χ2v) is 5.06. The van der Waals surface area contributed by atoms with E-state index in [2.05, 4.69) is 0 Å². The first kappa shape index (κ1) is 16.4. The Hall–Kier alpha value is -1.57. The number of nitrogens with zero attached hydrogens (tertiary/aromatic N) is 2. The average Bonchev–Trinajstić information content (AvgIpc) is 2.30. The zero-order chi connectivity index (χ0) is 14.0. The van der Waals surface area contributed by atoms with E-state index in [4.69, 9.17) is 10.00 Å². The van der Waals surface area contributed by atoms with Crippen molar-refractivity contribution in [3.63, 3.8) is 0 Å². The monoisotopic (exact) mass is 254 g/mol. The molecule has 0 aliphatic carbocycles. The lowest BCUT2D eigenvalue weighted by molar-refractivity contribution is -0.107. The Labute approximate surface area is 109 Å². The van der Waals surface area contributed by atoms with Crippen LogP contribution in [0.15, 0.2) is 0 Å². The van der Waals surface area contributed by atoms with Crippen LogP contribution in [0.1, 0.15) is 46.5 Å². The highest BCUT2D eigenvalue weighted by atomic mass is 16.6. The first-order valence-electron chi connectivity index (χ1n) is 6.19. The molecule has 0 N–H and O–H groups in total. The van der Waals surface area contributed by atoms with Crippen LogP contribution in [0, 0.1) is 11.3 Å². The van der Waals surface area contributed by atoms with Crippen molar-refractivity contribution in [1.82, 2.24) is 4.90 Å². The van der Waals surface area contributed by atoms with Crippen LogP contribution < -0.4 is 0 Å². The molecular formula is C13H22N2O3. The van der Waals surface area contributed by atoms with E-state index in [1.807, 2.05) is 20.8 Å². The lowest BCUT2D eigenvalue weighted by Crippen LogP contribution is -2.39. The van der Waals surface area contributed by atoms with Gasteiger partial charge in [0.2, 0.25) is 0 Å². The van der Waals surface area contributed by atoms with E-state index in [0.29, 0.717) is 6.29 Å². The summed E-state index contributed by atoms with van der Waals surface area (Å²) >= 11 is 0. The molecule has 1 aliphatic rings. The van der Waals surface area contributed by atoms with Gasteiger partial charge in [-0.3, -0.25) is 0 Å². The molecule has 0 aromatic heterocycles. The Bertz CT molecular complexity index is 296. The van der Waals surface area contributed by atoms with Gasteiger partial charge in [0.05, 0.1) is 12.5 Å². The first-order valence-corrected chi connectivity index (χ1v) is 6.19. The summed E-state index contributed by atoms with van der Waals surface area (Å²) in [7, 11) is 0. The summed E-state index contributed by atoms with van der Waals surface area (Å²) in [6, 6.07) is 1.65. The van der Waals surface area contributed by atoms with Gasteiger partial charge in [-0.2, -0.15) is 5.26 Å². The lowest BCUT2D eigenvalue weighted by Gasteiger charge is -2.29. The summed E-state index contributed by atoms with van der Waals surface area (Å²) < 4.78 is 5.26. The highest BCUT2D eigenvalue weighted by molar-refractivity contribution is 5.68. The van der Waals surface area contributed by atoms with Gasteiger partial charge in [0, 0.05) is 13.1 Å². The molecule has 102 valence electrons. The van der Waals surface area contributed by atoms with Crippen LogP contribution in [0.5, 0.6) is 0 Å². The van der Waals surface area contributed by atoms with Crippen molar-refractivity contribution in [1.29, 1.82) is 5.26 Å². The Morgan fingerprint density at radius 3 is 2.22 bits per heavy atom. The third-order valence-corrected chi connectivity index (χ3v) is 2.18. The zero-order valence-corrected chi connectivity index (χ0v) is 11.4. The molecule has 18 heavy (non-hydrogen) atoms. The fraction of sp³-hybridized carbons (Fsp3) is 0.769. The second-order valence-electron chi connectivity index (χ2n) is 5.06. The van der Waals surface area contributed by atoms with E-state index in [9.17, 15) is 9.59 Å². The van der Waals surface area contributed by atoms with Crippen molar-refractivity contribution in [3.05, 3.63) is 0 Å². The van der Waals surface area contributed by atoms with Gasteiger partial charge in [-0.25, -0.2) is 4.79 Å². The number of ether oxygens (including phenoxy) is 1. The molecule has 5 nitrogen and oxygen atoms in total. The summed E-state index contributed by atoms with van der Waals surface area (Å²) in [6.45, 7) is 7.41. The molecule has 5 heteroatoms. The van der Waals surface area contributed by atoms with Gasteiger partial charge < -0.3 is 14.4 Å². The molecule has 0 aromatic carbocycles. The fourth-order valence-corrected chi connectivity index (χ4v) is 1.44. The molecule has 0 bridgehead atoms. The summed E-state index contributed by atoms with van der Waals surface area (Å²) in [4.78, 5) is 22.5. The predicted molar refractivity (Wildman–Crippen MR) is 68.0 cm³/mol. The number of hydrogen-bond donors (Lipinski definition) is 0. The standard InChI is InChI=1S/C10H19NO2.C3H3NO/c1-10(2,3)13-9(12)11-7-5-4-6-8-11;4-2-1-3-5/h4-8H2,1-3H3;3H,1H2. The number of rotatable bonds is 1. The molecule has 1 aliphatic heterocycles. The Balaban J connectivity index is 0.000000494. The van der Waals surface area contributed by atoms with Crippen LogP contribution in [0.25, 0.3) is 0 Å². The largest absolute Gasteiger partial charge is 0.444 e. The highest BCUT2D eigenvalue weighted by Crippen LogP contribution is 2.14. The summed E-state index contributed by atoms with van der Waals surface area (Å²) in [6.07, 6.45) is 3.88. The molecule has 1 saturated heterocycles. The van der Waals surface area contributed by atoms with Crippen molar-refractivity contribution < 1.29 is 14.3 Å². The molecule has 0 aromatic rings. The molecule has 1 amide bonds. The van der Waals surface area contributed by atoms with E-state index < -0.39 is 0 Å². The second kappa shape index (κ2) is 8.51. The van der Waals surface area contributed by atoms with Gasteiger partial charge in [-0.15, -0.1) is 0 Å². The van der Waals surface area contributed by atoms with Crippen LogP contribution in [0.2, 0.25) is 0 Å². The van der Waals surface area contributed by atoms with Crippen molar-refractivity contribution in [2.75, 3.05) is 13.1 Å². The van der Waals surface area contributed by atoms with E-state index >= 15 is 0 Å². The van der Waals surface area contributed by atoms with Crippen molar-refractivity contribution in [2.24, 2.45) is 0 Å². The van der Waals surface area contributed by atoms with Crippen LogP contribution in [0.3, 0.4) is 0 Å². The van der Waals surface area contributed by atoms with Crippen molar-refractivity contribution >= 4 is 12.4 Å². The molecule has 0 saturated carbocycles. The minimum absolute atomic E-state index is 0.0139. The van der Waals surface area contributed by atoms with Gasteiger partial charge in [-0.05, 0) is 40.0 Å². The highest BCUT2D eigenvalue weighted by Gasteiger charge is 2.22. The quantitative estimate of drug-likeness (QED) is 0.674. The van der Waals surface area contributed by atoms with Gasteiger partial charge in [-0.1, -0.05) is 0 Å². The normalized spacial score (nSPS) is 14.9. The molecular weight excluding hydrogens is 232 g/mol. The van der Waals surface area contributed by atoms with Crippen LogP contribution in [0.4, 0.5) is 4.79 Å². The minimum atomic E-state index is -0.367. The van der Waals surface area contributed by atoms with Gasteiger partial charge >= 0.3 is 6.09 Å². The minimum Gasteiger partial charge on any atom is -0.444 e. The fourth-order valence-electron chi connectivity index (χ4n) is 1.44. The smallest absolute Gasteiger partial charge is 0.410 e. The van der Waals surface area contributed by atoms with E-state index in [-0.39, 0.29) is 18.1 Å². The van der Waals surface area contributed by atoms with Crippen molar-refractivity contribution in [2.45, 2.75) is 52.1 Å². The summed E-state index contributed by atoms with van der Waals surface area (Å²) in [5.41, 5.74) is -0.367. The van der Waals surface area contributed by atoms with E-state index in [1.165, 1.54) is 6.42 Å². The lowest BCUT2D eigenvalue weighted by atomic mass is 10.1. The molecule has 1 fully saturated rings. The number of carbonyl (C=O) groups is 2. The maximum Gasteiger partial charge on any atom is 0.410 e. The SMILES string of the molecule is CC(C)(C)OC(=O)N1CCCCC1.N#CCC=O. The average molecular weight is 254 g/mol. The maximum atomic E-state index is 11.5. The van der Waals surface area contributed by atoms with E-state index in [0.717, 1.165) is 25.9 Å². The number of amides is 1. The number of nitriles is 1. The summed E-state index contributed by atoms with van der Waals surface area (Å²) in [5.74, 6) is 0. The third-order valence-electron chi connectivity index (χ3n) is 2.18. The topological polar surface area (TPSA) is 70.4 Å². The first-order chi connectivity index (χ1) is 8.40. The molecule has 0 spiro atoms. The molecule has 0 atom stereocenters. The van der Waals surface area contributed by atoms with Crippen LogP contribution in [-0.2, 0) is 9.53 Å². The van der Waals surface area contributed by atoms with Gasteiger partial charge in [0.25, 0.3) is 0 Å². The Kier molecular flexibility index (Phi) is 7.77. The molecule has 0 radical (unpaired) electrons. The number of carbonyl (C=O) groups excluding carboxylic acids is 2. The van der Waals surface area contributed by atoms with Crippen LogP contribution >= 0.6 is 0 Å². The number of piperidine rings is 1. The molecule has 1 rings (SSSR count). The van der Waals surface area contributed by atoms with Crippen molar-refractivity contribution in [3.8, 4) is 6.07 Å². The number of hydrogen-bond acceptors (Lipinski definition) is 4. The summed E-state index contributed by atoms with van der Waals surface area (Å²) in [5, 5.41) is 7.58. The molecule has 0 unspecified atom stereocenters. The van der Waals surface area contributed by atoms with E-state index in [1.54, 1.807) is 11.0 Å². The number of likely N-dealkylation sites (tertiary alicyclic amines) is 1. The van der Waals surface area contributed by atoms with Gasteiger partial charge in [0.1, 0.15) is 11.9 Å². The van der Waals surface area contributed by atoms with Crippen LogP contribution in [-0.4, -0.2) is 36.0 Å². The predicted octanol–water partition coefficient (Wildman–Crippen LogP) is 2.51.